The number of hydrogen-bond acceptors (Lipinski definition) is 4. The molecule has 0 radical (unpaired) electrons. The number of nitrogens with one attached hydrogen (secondary N) is 2. The van der Waals surface area contributed by atoms with Gasteiger partial charge in [-0.3, -0.25) is 4.79 Å². The van der Waals surface area contributed by atoms with Crippen LogP contribution in [0.15, 0.2) is 18.3 Å². The number of pyridine rings is 1. The molecule has 1 aromatic heterocycles. The predicted molar refractivity (Wildman–Crippen MR) is 90.3 cm³/mol. The number of carbonyl (C=O) groups excluding carboxylic acids is 1. The lowest BCUT2D eigenvalue weighted by atomic mass is 9.99. The van der Waals surface area contributed by atoms with E-state index in [9.17, 15) is 4.79 Å². The molecule has 2 heterocycles. The van der Waals surface area contributed by atoms with E-state index in [4.69, 9.17) is 0 Å². The van der Waals surface area contributed by atoms with Crippen LogP contribution >= 0.6 is 0 Å². The minimum absolute atomic E-state index is 0.0513. The highest BCUT2D eigenvalue weighted by Gasteiger charge is 2.17. The summed E-state index contributed by atoms with van der Waals surface area (Å²) in [7, 11) is 0. The molecular formula is C17H28N4O. The van der Waals surface area contributed by atoms with Gasteiger partial charge in [0, 0.05) is 32.4 Å². The van der Waals surface area contributed by atoms with E-state index in [0.29, 0.717) is 12.1 Å². The van der Waals surface area contributed by atoms with Crippen molar-refractivity contribution in [1.82, 2.24) is 15.6 Å². The first kappa shape index (κ1) is 16.7. The third-order valence-electron chi connectivity index (χ3n) is 4.13. The van der Waals surface area contributed by atoms with Gasteiger partial charge in [0.25, 0.3) is 5.91 Å². The van der Waals surface area contributed by atoms with Gasteiger partial charge in [0.2, 0.25) is 0 Å². The van der Waals surface area contributed by atoms with Crippen molar-refractivity contribution in [1.29, 1.82) is 0 Å². The molecule has 5 heteroatoms. The molecule has 2 rings (SSSR count). The van der Waals surface area contributed by atoms with E-state index >= 15 is 0 Å². The zero-order valence-electron chi connectivity index (χ0n) is 13.8. The van der Waals surface area contributed by atoms with Gasteiger partial charge in [-0.2, -0.15) is 0 Å². The first-order valence-electron chi connectivity index (χ1n) is 8.40. The Balaban J connectivity index is 1.79. The SMILES string of the molecule is CCCNCCNC(=O)c1ccc(N2CCC(C)CC2)nc1. The summed E-state index contributed by atoms with van der Waals surface area (Å²) in [6.45, 7) is 8.98. The fourth-order valence-electron chi connectivity index (χ4n) is 2.61. The standard InChI is InChI=1S/C17H28N4O/c1-3-8-18-9-10-19-17(22)15-4-5-16(20-13-15)21-11-6-14(2)7-12-21/h4-5,13-14,18H,3,6-12H2,1-2H3,(H,19,22). The monoisotopic (exact) mass is 304 g/mol. The van der Waals surface area contributed by atoms with Gasteiger partial charge >= 0.3 is 0 Å². The van der Waals surface area contributed by atoms with Crippen LogP contribution in [-0.4, -0.2) is 43.6 Å². The van der Waals surface area contributed by atoms with Crippen molar-refractivity contribution in [3.63, 3.8) is 0 Å². The highest BCUT2D eigenvalue weighted by molar-refractivity contribution is 5.94. The van der Waals surface area contributed by atoms with Gasteiger partial charge in [0.1, 0.15) is 5.82 Å². The first-order chi connectivity index (χ1) is 10.7. The Kier molecular flexibility index (Phi) is 6.65. The maximum absolute atomic E-state index is 12.0. The largest absolute Gasteiger partial charge is 0.357 e. The van der Waals surface area contributed by atoms with Gasteiger partial charge in [0.15, 0.2) is 0 Å². The summed E-state index contributed by atoms with van der Waals surface area (Å²) in [6.07, 6.45) is 5.22. The molecule has 1 aliphatic rings. The quantitative estimate of drug-likeness (QED) is 0.757. The van der Waals surface area contributed by atoms with Crippen LogP contribution in [0.5, 0.6) is 0 Å². The van der Waals surface area contributed by atoms with Crippen molar-refractivity contribution < 1.29 is 4.79 Å². The number of hydrogen-bond donors (Lipinski definition) is 2. The van der Waals surface area contributed by atoms with Crippen LogP contribution < -0.4 is 15.5 Å². The van der Waals surface area contributed by atoms with Gasteiger partial charge < -0.3 is 15.5 Å². The number of rotatable bonds is 7. The lowest BCUT2D eigenvalue weighted by molar-refractivity contribution is 0.0953. The van der Waals surface area contributed by atoms with E-state index in [1.165, 1.54) is 12.8 Å². The van der Waals surface area contributed by atoms with E-state index in [1.54, 1.807) is 6.20 Å². The predicted octanol–water partition coefficient (Wildman–Crippen LogP) is 2.05. The summed E-state index contributed by atoms with van der Waals surface area (Å²) in [5, 5.41) is 6.17. The minimum atomic E-state index is -0.0513. The van der Waals surface area contributed by atoms with E-state index in [-0.39, 0.29) is 5.91 Å². The lowest BCUT2D eigenvalue weighted by Gasteiger charge is -2.31. The zero-order valence-corrected chi connectivity index (χ0v) is 13.8. The molecule has 22 heavy (non-hydrogen) atoms. The molecule has 1 aliphatic heterocycles. The Labute approximate surface area is 133 Å². The van der Waals surface area contributed by atoms with Crippen molar-refractivity contribution in [2.45, 2.75) is 33.1 Å². The van der Waals surface area contributed by atoms with Gasteiger partial charge in [-0.25, -0.2) is 4.98 Å². The third kappa shape index (κ3) is 4.98. The molecule has 0 unspecified atom stereocenters. The maximum atomic E-state index is 12.0. The molecule has 0 bridgehead atoms. The molecule has 5 nitrogen and oxygen atoms in total. The van der Waals surface area contributed by atoms with Crippen molar-refractivity contribution in [3.05, 3.63) is 23.9 Å². The summed E-state index contributed by atoms with van der Waals surface area (Å²) >= 11 is 0. The number of piperidine rings is 1. The van der Waals surface area contributed by atoms with Crippen LogP contribution in [-0.2, 0) is 0 Å². The molecule has 1 saturated heterocycles. The maximum Gasteiger partial charge on any atom is 0.252 e. The Bertz CT molecular complexity index is 452. The summed E-state index contributed by atoms with van der Waals surface area (Å²) in [4.78, 5) is 18.8. The van der Waals surface area contributed by atoms with E-state index < -0.39 is 0 Å². The summed E-state index contributed by atoms with van der Waals surface area (Å²) in [5.41, 5.74) is 0.629. The van der Waals surface area contributed by atoms with Gasteiger partial charge in [-0.1, -0.05) is 13.8 Å². The Morgan fingerprint density at radius 1 is 1.27 bits per heavy atom. The molecule has 1 amide bonds. The van der Waals surface area contributed by atoms with Gasteiger partial charge in [0.05, 0.1) is 5.56 Å². The average molecular weight is 304 g/mol. The molecule has 0 aromatic carbocycles. The van der Waals surface area contributed by atoms with Crippen molar-refractivity contribution >= 4 is 11.7 Å². The first-order valence-corrected chi connectivity index (χ1v) is 8.40. The molecule has 1 fully saturated rings. The molecule has 2 N–H and O–H groups in total. The second kappa shape index (κ2) is 8.73. The van der Waals surface area contributed by atoms with Crippen LogP contribution in [0.2, 0.25) is 0 Å². The molecule has 0 saturated carbocycles. The second-order valence-electron chi connectivity index (χ2n) is 6.08. The van der Waals surface area contributed by atoms with Crippen LogP contribution in [0.1, 0.15) is 43.5 Å². The summed E-state index contributed by atoms with van der Waals surface area (Å²) < 4.78 is 0. The fourth-order valence-corrected chi connectivity index (χ4v) is 2.61. The Morgan fingerprint density at radius 3 is 2.68 bits per heavy atom. The second-order valence-corrected chi connectivity index (χ2v) is 6.08. The van der Waals surface area contributed by atoms with Crippen LogP contribution in [0.4, 0.5) is 5.82 Å². The number of amides is 1. The molecule has 0 spiro atoms. The Hall–Kier alpha value is -1.62. The van der Waals surface area contributed by atoms with E-state index in [1.807, 2.05) is 12.1 Å². The summed E-state index contributed by atoms with van der Waals surface area (Å²) in [5.74, 6) is 1.74. The third-order valence-corrected chi connectivity index (χ3v) is 4.13. The van der Waals surface area contributed by atoms with E-state index in [0.717, 1.165) is 44.3 Å². The average Bonchev–Trinajstić information content (AvgIpc) is 2.55. The van der Waals surface area contributed by atoms with Crippen LogP contribution in [0, 0.1) is 5.92 Å². The van der Waals surface area contributed by atoms with Crippen molar-refractivity contribution in [2.75, 3.05) is 37.6 Å². The normalized spacial score (nSPS) is 15.8. The zero-order chi connectivity index (χ0) is 15.8. The van der Waals surface area contributed by atoms with Crippen LogP contribution in [0.3, 0.4) is 0 Å². The molecular weight excluding hydrogens is 276 g/mol. The lowest BCUT2D eigenvalue weighted by Crippen LogP contribution is -2.34. The molecule has 122 valence electrons. The van der Waals surface area contributed by atoms with E-state index in [2.05, 4.69) is 34.4 Å². The van der Waals surface area contributed by atoms with Crippen LogP contribution in [0.25, 0.3) is 0 Å². The fraction of sp³-hybridized carbons (Fsp3) is 0.647. The van der Waals surface area contributed by atoms with Crippen molar-refractivity contribution in [3.8, 4) is 0 Å². The number of nitrogens with zero attached hydrogens (tertiary/aromatic N) is 2. The van der Waals surface area contributed by atoms with Gasteiger partial charge in [-0.15, -0.1) is 0 Å². The molecule has 0 atom stereocenters. The number of aromatic nitrogens is 1. The number of carbonyl (C=O) groups is 1. The highest BCUT2D eigenvalue weighted by Crippen LogP contribution is 2.21. The molecule has 1 aromatic rings. The highest BCUT2D eigenvalue weighted by atomic mass is 16.1. The molecule has 0 aliphatic carbocycles. The Morgan fingerprint density at radius 2 is 2.05 bits per heavy atom. The van der Waals surface area contributed by atoms with Gasteiger partial charge in [-0.05, 0) is 43.9 Å². The summed E-state index contributed by atoms with van der Waals surface area (Å²) in [6, 6.07) is 3.83. The smallest absolute Gasteiger partial charge is 0.252 e. The topological polar surface area (TPSA) is 57.3 Å². The number of anilines is 1. The van der Waals surface area contributed by atoms with Crippen molar-refractivity contribution in [2.24, 2.45) is 5.92 Å². The minimum Gasteiger partial charge on any atom is -0.357 e.